The van der Waals surface area contributed by atoms with Gasteiger partial charge in [0.05, 0.1) is 0 Å². The van der Waals surface area contributed by atoms with E-state index in [4.69, 9.17) is 4.74 Å². The Hall–Kier alpha value is -1.03. The molecule has 1 aliphatic carbocycles. The van der Waals surface area contributed by atoms with Gasteiger partial charge < -0.3 is 4.74 Å². The highest BCUT2D eigenvalue weighted by atomic mass is 16.5. The summed E-state index contributed by atoms with van der Waals surface area (Å²) in [6.45, 7) is 1.55. The first-order chi connectivity index (χ1) is 6.57. The summed E-state index contributed by atoms with van der Waals surface area (Å²) >= 11 is 0. The lowest BCUT2D eigenvalue weighted by molar-refractivity contribution is -0.146. The highest BCUT2D eigenvalue weighted by Gasteiger charge is 2.37. The van der Waals surface area contributed by atoms with Crippen LogP contribution in [-0.2, 0) is 19.1 Å². The second-order valence-corrected chi connectivity index (χ2v) is 3.50. The van der Waals surface area contributed by atoms with Crippen LogP contribution >= 0.6 is 0 Å². The standard InChI is InChI=1S/C10H14O4/c1-6(14-2)10(13)9-7(11)4-3-5-8(9)12/h6,9H,3-5H2,1-2H3. The summed E-state index contributed by atoms with van der Waals surface area (Å²) in [4.78, 5) is 34.3. The quantitative estimate of drug-likeness (QED) is 0.620. The molecule has 0 aromatic heterocycles. The Morgan fingerprint density at radius 3 is 2.29 bits per heavy atom. The largest absolute Gasteiger partial charge is 0.374 e. The van der Waals surface area contributed by atoms with E-state index in [2.05, 4.69) is 0 Å². The molecule has 0 aromatic rings. The molecule has 1 fully saturated rings. The first-order valence-electron chi connectivity index (χ1n) is 4.70. The molecule has 1 unspecified atom stereocenters. The predicted molar refractivity (Wildman–Crippen MR) is 48.8 cm³/mol. The predicted octanol–water partition coefficient (Wildman–Crippen LogP) is 0.529. The summed E-state index contributed by atoms with van der Waals surface area (Å²) in [6.07, 6.45) is 0.561. The number of methoxy groups -OCH3 is 1. The molecule has 0 aliphatic heterocycles. The molecule has 0 saturated heterocycles. The SMILES string of the molecule is COC(C)C(=O)C1C(=O)CCCC1=O. The van der Waals surface area contributed by atoms with Crippen LogP contribution in [0, 0.1) is 5.92 Å². The van der Waals surface area contributed by atoms with Crippen molar-refractivity contribution in [2.45, 2.75) is 32.3 Å². The second kappa shape index (κ2) is 4.46. The van der Waals surface area contributed by atoms with Crippen LogP contribution in [0.25, 0.3) is 0 Å². The second-order valence-electron chi connectivity index (χ2n) is 3.50. The smallest absolute Gasteiger partial charge is 0.179 e. The molecule has 4 nitrogen and oxygen atoms in total. The Morgan fingerprint density at radius 1 is 1.36 bits per heavy atom. The van der Waals surface area contributed by atoms with Crippen LogP contribution in [0.3, 0.4) is 0 Å². The minimum atomic E-state index is -1.06. The van der Waals surface area contributed by atoms with Crippen LogP contribution in [-0.4, -0.2) is 30.6 Å². The highest BCUT2D eigenvalue weighted by Crippen LogP contribution is 2.19. The normalized spacial score (nSPS) is 21.0. The van der Waals surface area contributed by atoms with Crippen molar-refractivity contribution in [3.63, 3.8) is 0 Å². The Labute approximate surface area is 82.6 Å². The van der Waals surface area contributed by atoms with E-state index in [0.717, 1.165) is 0 Å². The van der Waals surface area contributed by atoms with E-state index in [0.29, 0.717) is 19.3 Å². The number of hydrogen-bond acceptors (Lipinski definition) is 4. The summed E-state index contributed by atoms with van der Waals surface area (Å²) in [5.74, 6) is -1.97. The first-order valence-corrected chi connectivity index (χ1v) is 4.70. The molecule has 0 aromatic carbocycles. The Balaban J connectivity index is 2.78. The number of hydrogen-bond donors (Lipinski definition) is 0. The minimum Gasteiger partial charge on any atom is -0.374 e. The lowest BCUT2D eigenvalue weighted by Crippen LogP contribution is -2.40. The fourth-order valence-corrected chi connectivity index (χ4v) is 1.57. The van der Waals surface area contributed by atoms with Crippen molar-refractivity contribution in [3.05, 3.63) is 0 Å². The maximum atomic E-state index is 11.6. The average molecular weight is 198 g/mol. The third-order valence-electron chi connectivity index (χ3n) is 2.53. The molecule has 0 heterocycles. The highest BCUT2D eigenvalue weighted by molar-refractivity contribution is 6.21. The van der Waals surface area contributed by atoms with Gasteiger partial charge in [0.1, 0.15) is 12.0 Å². The molecular formula is C10H14O4. The zero-order valence-electron chi connectivity index (χ0n) is 8.41. The van der Waals surface area contributed by atoms with Crippen LogP contribution in [0.4, 0.5) is 0 Å². The van der Waals surface area contributed by atoms with Gasteiger partial charge >= 0.3 is 0 Å². The van der Waals surface area contributed by atoms with Gasteiger partial charge in [-0.25, -0.2) is 0 Å². The summed E-state index contributed by atoms with van der Waals surface area (Å²) in [7, 11) is 1.39. The number of carbonyl (C=O) groups is 3. The molecule has 1 saturated carbocycles. The van der Waals surface area contributed by atoms with Crippen molar-refractivity contribution in [2.24, 2.45) is 5.92 Å². The zero-order valence-corrected chi connectivity index (χ0v) is 8.41. The van der Waals surface area contributed by atoms with Gasteiger partial charge in [-0.1, -0.05) is 0 Å². The van der Waals surface area contributed by atoms with Crippen LogP contribution in [0.1, 0.15) is 26.2 Å². The fourth-order valence-electron chi connectivity index (χ4n) is 1.57. The van der Waals surface area contributed by atoms with Gasteiger partial charge in [-0.05, 0) is 13.3 Å². The van der Waals surface area contributed by atoms with Crippen molar-refractivity contribution in [2.75, 3.05) is 7.11 Å². The number of ketones is 3. The Bertz CT molecular complexity index is 253. The summed E-state index contributed by atoms with van der Waals surface area (Å²) in [5, 5.41) is 0. The van der Waals surface area contributed by atoms with Gasteiger partial charge in [-0.15, -0.1) is 0 Å². The van der Waals surface area contributed by atoms with Crippen molar-refractivity contribution in [3.8, 4) is 0 Å². The van der Waals surface area contributed by atoms with Crippen LogP contribution in [0.2, 0.25) is 0 Å². The van der Waals surface area contributed by atoms with Gasteiger partial charge in [0.25, 0.3) is 0 Å². The van der Waals surface area contributed by atoms with Crippen LogP contribution in [0.5, 0.6) is 0 Å². The minimum absolute atomic E-state index is 0.254. The zero-order chi connectivity index (χ0) is 10.7. The van der Waals surface area contributed by atoms with E-state index >= 15 is 0 Å². The van der Waals surface area contributed by atoms with E-state index in [-0.39, 0.29) is 11.6 Å². The number of rotatable bonds is 3. The summed E-state index contributed by atoms with van der Waals surface area (Å²) < 4.78 is 4.81. The van der Waals surface area contributed by atoms with Gasteiger partial charge in [-0.2, -0.15) is 0 Å². The molecule has 0 bridgehead atoms. The van der Waals surface area contributed by atoms with Crippen molar-refractivity contribution in [1.82, 2.24) is 0 Å². The molecule has 0 amide bonds. The monoisotopic (exact) mass is 198 g/mol. The molecule has 14 heavy (non-hydrogen) atoms. The molecular weight excluding hydrogens is 184 g/mol. The van der Waals surface area contributed by atoms with Gasteiger partial charge in [0.2, 0.25) is 0 Å². The van der Waals surface area contributed by atoms with Crippen molar-refractivity contribution >= 4 is 17.3 Å². The molecule has 0 N–H and O–H groups in total. The average Bonchev–Trinajstić information content (AvgIpc) is 2.16. The number of Topliss-reactive ketones (excluding diaryl/α,β-unsaturated/α-hetero) is 3. The molecule has 78 valence electrons. The molecule has 0 spiro atoms. The van der Waals surface area contributed by atoms with E-state index in [1.807, 2.05) is 0 Å². The van der Waals surface area contributed by atoms with Gasteiger partial charge in [0.15, 0.2) is 17.3 Å². The fraction of sp³-hybridized carbons (Fsp3) is 0.700. The Morgan fingerprint density at radius 2 is 1.86 bits per heavy atom. The molecule has 4 heteroatoms. The van der Waals surface area contributed by atoms with E-state index in [1.165, 1.54) is 7.11 Å². The molecule has 1 atom stereocenters. The van der Waals surface area contributed by atoms with Crippen LogP contribution < -0.4 is 0 Å². The Kier molecular flexibility index (Phi) is 3.52. The van der Waals surface area contributed by atoms with Crippen molar-refractivity contribution in [1.29, 1.82) is 0 Å². The molecule has 1 aliphatic rings. The lowest BCUT2D eigenvalue weighted by atomic mass is 9.82. The number of carbonyl (C=O) groups excluding carboxylic acids is 3. The van der Waals surface area contributed by atoms with Gasteiger partial charge in [0, 0.05) is 20.0 Å². The van der Waals surface area contributed by atoms with E-state index in [9.17, 15) is 14.4 Å². The molecule has 1 rings (SSSR count). The van der Waals surface area contributed by atoms with Gasteiger partial charge in [-0.3, -0.25) is 14.4 Å². The van der Waals surface area contributed by atoms with E-state index in [1.54, 1.807) is 6.92 Å². The summed E-state index contributed by atoms with van der Waals surface area (Å²) in [6, 6.07) is 0. The number of ether oxygens (including phenoxy) is 1. The maximum Gasteiger partial charge on any atom is 0.179 e. The van der Waals surface area contributed by atoms with Crippen molar-refractivity contribution < 1.29 is 19.1 Å². The lowest BCUT2D eigenvalue weighted by Gasteiger charge is -2.20. The maximum absolute atomic E-state index is 11.6. The summed E-state index contributed by atoms with van der Waals surface area (Å²) in [5.41, 5.74) is 0. The molecule has 0 radical (unpaired) electrons. The van der Waals surface area contributed by atoms with E-state index < -0.39 is 17.8 Å². The van der Waals surface area contributed by atoms with Crippen LogP contribution in [0.15, 0.2) is 0 Å². The third-order valence-corrected chi connectivity index (χ3v) is 2.53. The third kappa shape index (κ3) is 2.07. The first kappa shape index (κ1) is 11.0. The topological polar surface area (TPSA) is 60.4 Å².